The minimum Gasteiger partial charge on any atom is -0.497 e. The van der Waals surface area contributed by atoms with E-state index in [9.17, 15) is 0 Å². The molecule has 0 saturated carbocycles. The first-order valence-corrected chi connectivity index (χ1v) is 9.21. The summed E-state index contributed by atoms with van der Waals surface area (Å²) in [5, 5.41) is 0. The second-order valence-corrected chi connectivity index (χ2v) is 9.60. The van der Waals surface area contributed by atoms with Crippen LogP contribution in [0.1, 0.15) is 5.56 Å². The zero-order chi connectivity index (χ0) is 13.6. The van der Waals surface area contributed by atoms with Crippen LogP contribution in [0.2, 0.25) is 19.6 Å². The molecule has 0 aliphatic rings. The van der Waals surface area contributed by atoms with Crippen molar-refractivity contribution in [2.45, 2.75) is 19.6 Å². The lowest BCUT2D eigenvalue weighted by Gasteiger charge is -2.04. The topological polar surface area (TPSA) is 18.5 Å². The average molecular weight is 258 g/mol. The zero-order valence-corrected chi connectivity index (χ0v) is 12.5. The van der Waals surface area contributed by atoms with E-state index in [4.69, 9.17) is 9.47 Å². The molecule has 0 saturated heterocycles. The molecular weight excluding hydrogens is 240 g/mol. The van der Waals surface area contributed by atoms with Gasteiger partial charge in [-0.1, -0.05) is 25.6 Å². The van der Waals surface area contributed by atoms with Gasteiger partial charge in [0, 0.05) is 11.6 Å². The van der Waals surface area contributed by atoms with Gasteiger partial charge in [0.05, 0.1) is 14.2 Å². The lowest BCUT2D eigenvalue weighted by atomic mass is 10.2. The number of methoxy groups -OCH3 is 2. The van der Waals surface area contributed by atoms with Crippen molar-refractivity contribution in [2.75, 3.05) is 14.2 Å². The van der Waals surface area contributed by atoms with Gasteiger partial charge in [-0.15, -0.1) is 5.54 Å². The van der Waals surface area contributed by atoms with Gasteiger partial charge in [0.2, 0.25) is 0 Å². The number of rotatable bonds is 2. The molecule has 0 N–H and O–H groups in total. The highest BCUT2D eigenvalue weighted by molar-refractivity contribution is 6.83. The van der Waals surface area contributed by atoms with Gasteiger partial charge in [0.15, 0.2) is 0 Å². The summed E-state index contributed by atoms with van der Waals surface area (Å²) in [4.78, 5) is 0. The first-order valence-electron chi connectivity index (χ1n) is 5.71. The van der Waals surface area contributed by atoms with Crippen molar-refractivity contribution in [3.8, 4) is 34.8 Å². The van der Waals surface area contributed by atoms with E-state index in [-0.39, 0.29) is 0 Å². The Morgan fingerprint density at radius 3 is 1.89 bits per heavy atom. The SMILES string of the molecule is COc1cc(C#CC#C[Si](C)(C)C)cc(OC)c1. The summed E-state index contributed by atoms with van der Waals surface area (Å²) in [5.74, 6) is 10.3. The van der Waals surface area contributed by atoms with Crippen molar-refractivity contribution in [2.24, 2.45) is 0 Å². The summed E-state index contributed by atoms with van der Waals surface area (Å²) < 4.78 is 10.4. The molecule has 0 amide bonds. The highest BCUT2D eigenvalue weighted by Gasteiger charge is 2.06. The molecule has 1 rings (SSSR count). The predicted molar refractivity (Wildman–Crippen MR) is 77.5 cm³/mol. The van der Waals surface area contributed by atoms with E-state index in [0.29, 0.717) is 0 Å². The van der Waals surface area contributed by atoms with E-state index >= 15 is 0 Å². The van der Waals surface area contributed by atoms with Gasteiger partial charge >= 0.3 is 0 Å². The summed E-state index contributed by atoms with van der Waals surface area (Å²) in [7, 11) is 1.90. The number of ether oxygens (including phenoxy) is 2. The van der Waals surface area contributed by atoms with Gasteiger partial charge in [0.1, 0.15) is 19.6 Å². The molecule has 0 bridgehead atoms. The van der Waals surface area contributed by atoms with Gasteiger partial charge in [-0.3, -0.25) is 0 Å². The molecule has 0 heterocycles. The van der Waals surface area contributed by atoms with Gasteiger partial charge in [-0.05, 0) is 24.0 Å². The molecule has 0 spiro atoms. The van der Waals surface area contributed by atoms with E-state index in [1.807, 2.05) is 18.2 Å². The Kier molecular flexibility index (Phi) is 4.89. The van der Waals surface area contributed by atoms with Crippen LogP contribution in [-0.4, -0.2) is 22.3 Å². The molecular formula is C15H18O2Si. The molecule has 0 fully saturated rings. The Morgan fingerprint density at radius 1 is 0.889 bits per heavy atom. The van der Waals surface area contributed by atoms with Gasteiger partial charge < -0.3 is 9.47 Å². The second kappa shape index (κ2) is 6.19. The van der Waals surface area contributed by atoms with Crippen molar-refractivity contribution in [1.29, 1.82) is 0 Å². The third kappa shape index (κ3) is 4.99. The Hall–Kier alpha value is -1.84. The van der Waals surface area contributed by atoms with Crippen LogP contribution >= 0.6 is 0 Å². The quantitative estimate of drug-likeness (QED) is 0.600. The standard InChI is InChI=1S/C15H18O2Si/c1-16-14-10-13(11-15(12-14)17-2)8-6-7-9-18(3,4)5/h10-12H,1-5H3. The van der Waals surface area contributed by atoms with Gasteiger partial charge in [-0.25, -0.2) is 0 Å². The first kappa shape index (κ1) is 14.2. The number of benzene rings is 1. The van der Waals surface area contributed by atoms with Crippen molar-refractivity contribution in [3.63, 3.8) is 0 Å². The maximum absolute atomic E-state index is 5.18. The molecule has 1 aromatic carbocycles. The second-order valence-electron chi connectivity index (χ2n) is 4.85. The summed E-state index contributed by atoms with van der Waals surface area (Å²) >= 11 is 0. The highest BCUT2D eigenvalue weighted by Crippen LogP contribution is 2.21. The maximum atomic E-state index is 5.18. The maximum Gasteiger partial charge on any atom is 0.130 e. The molecule has 3 heteroatoms. The lowest BCUT2D eigenvalue weighted by Crippen LogP contribution is -2.16. The minimum absolute atomic E-state index is 0.733. The van der Waals surface area contributed by atoms with Gasteiger partial charge in [-0.2, -0.15) is 0 Å². The van der Waals surface area contributed by atoms with Crippen molar-refractivity contribution >= 4 is 8.07 Å². The molecule has 0 aromatic heterocycles. The molecule has 1 aromatic rings. The number of hydrogen-bond acceptors (Lipinski definition) is 2. The zero-order valence-electron chi connectivity index (χ0n) is 11.5. The van der Waals surface area contributed by atoms with Crippen LogP contribution in [0.25, 0.3) is 0 Å². The molecule has 0 aliphatic carbocycles. The number of hydrogen-bond donors (Lipinski definition) is 0. The van der Waals surface area contributed by atoms with Crippen LogP contribution in [0.5, 0.6) is 11.5 Å². The highest BCUT2D eigenvalue weighted by atomic mass is 28.3. The minimum atomic E-state index is -1.34. The van der Waals surface area contributed by atoms with E-state index in [2.05, 4.69) is 42.9 Å². The van der Waals surface area contributed by atoms with Crippen LogP contribution < -0.4 is 9.47 Å². The fourth-order valence-corrected chi connectivity index (χ4v) is 1.64. The Bertz CT molecular complexity index is 511. The molecule has 0 radical (unpaired) electrons. The predicted octanol–water partition coefficient (Wildman–Crippen LogP) is 2.94. The summed E-state index contributed by atoms with van der Waals surface area (Å²) in [6, 6.07) is 5.55. The normalized spacial score (nSPS) is 9.61. The molecule has 94 valence electrons. The Labute approximate surface area is 110 Å². The third-order valence-electron chi connectivity index (χ3n) is 2.06. The lowest BCUT2D eigenvalue weighted by molar-refractivity contribution is 0.394. The molecule has 0 unspecified atom stereocenters. The molecule has 0 aliphatic heterocycles. The van der Waals surface area contributed by atoms with Crippen molar-refractivity contribution < 1.29 is 9.47 Å². The average Bonchev–Trinajstić information content (AvgIpc) is 2.33. The van der Waals surface area contributed by atoms with Crippen molar-refractivity contribution in [3.05, 3.63) is 23.8 Å². The monoisotopic (exact) mass is 258 g/mol. The Balaban J connectivity index is 2.97. The van der Waals surface area contributed by atoms with Crippen LogP contribution in [0.15, 0.2) is 18.2 Å². The smallest absolute Gasteiger partial charge is 0.130 e. The van der Waals surface area contributed by atoms with Crippen LogP contribution in [0.3, 0.4) is 0 Å². The fraction of sp³-hybridized carbons (Fsp3) is 0.333. The largest absolute Gasteiger partial charge is 0.497 e. The third-order valence-corrected chi connectivity index (χ3v) is 2.93. The van der Waals surface area contributed by atoms with E-state index in [1.54, 1.807) is 14.2 Å². The molecule has 0 atom stereocenters. The first-order chi connectivity index (χ1) is 8.44. The molecule has 2 nitrogen and oxygen atoms in total. The van der Waals surface area contributed by atoms with Crippen molar-refractivity contribution in [1.82, 2.24) is 0 Å². The van der Waals surface area contributed by atoms with Gasteiger partial charge in [0.25, 0.3) is 0 Å². The summed E-state index contributed by atoms with van der Waals surface area (Å²) in [6.07, 6.45) is 0. The van der Waals surface area contributed by atoms with E-state index in [0.717, 1.165) is 17.1 Å². The summed E-state index contributed by atoms with van der Waals surface area (Å²) in [5.41, 5.74) is 4.05. The van der Waals surface area contributed by atoms with E-state index < -0.39 is 8.07 Å². The fourth-order valence-electron chi connectivity index (χ4n) is 1.20. The van der Waals surface area contributed by atoms with Crippen LogP contribution in [0.4, 0.5) is 0 Å². The van der Waals surface area contributed by atoms with E-state index in [1.165, 1.54) is 0 Å². The van der Waals surface area contributed by atoms with Crippen LogP contribution in [-0.2, 0) is 0 Å². The Morgan fingerprint density at radius 2 is 1.44 bits per heavy atom. The summed E-state index contributed by atoms with van der Waals surface area (Å²) in [6.45, 7) is 6.57. The van der Waals surface area contributed by atoms with Crippen LogP contribution in [0, 0.1) is 23.3 Å². The molecule has 18 heavy (non-hydrogen) atoms.